The first-order valence-electron chi connectivity index (χ1n) is 8.29. The predicted molar refractivity (Wildman–Crippen MR) is 87.3 cm³/mol. The third kappa shape index (κ3) is 3.97. The predicted octanol–water partition coefficient (Wildman–Crippen LogP) is 0.234. The van der Waals surface area contributed by atoms with E-state index < -0.39 is 0 Å². The Morgan fingerprint density at radius 2 is 1.91 bits per heavy atom. The van der Waals surface area contributed by atoms with Gasteiger partial charge >= 0.3 is 0 Å². The van der Waals surface area contributed by atoms with Gasteiger partial charge in [0.1, 0.15) is 0 Å². The quantitative estimate of drug-likeness (QED) is 0.795. The summed E-state index contributed by atoms with van der Waals surface area (Å²) in [6, 6.07) is 2.11. The van der Waals surface area contributed by atoms with E-state index in [0.29, 0.717) is 19.2 Å². The maximum Gasteiger partial charge on any atom is 0.236 e. The smallest absolute Gasteiger partial charge is 0.236 e. The van der Waals surface area contributed by atoms with E-state index in [1.165, 1.54) is 0 Å². The Balaban J connectivity index is 1.50. The molecule has 7 nitrogen and oxygen atoms in total. The number of ether oxygens (including phenoxy) is 1. The molecule has 0 radical (unpaired) electrons. The van der Waals surface area contributed by atoms with Gasteiger partial charge in [0.25, 0.3) is 0 Å². The number of amides is 1. The zero-order valence-electron chi connectivity index (χ0n) is 13.9. The summed E-state index contributed by atoms with van der Waals surface area (Å²) in [5.41, 5.74) is 0. The first-order valence-corrected chi connectivity index (χ1v) is 8.29. The van der Waals surface area contributed by atoms with Crippen LogP contribution in [0.3, 0.4) is 0 Å². The van der Waals surface area contributed by atoms with Crippen LogP contribution in [0.25, 0.3) is 0 Å². The fraction of sp³-hybridized carbons (Fsp3) is 0.688. The summed E-state index contributed by atoms with van der Waals surface area (Å²) in [6.45, 7) is 9.20. The first-order chi connectivity index (χ1) is 11.1. The standard InChI is InChI=1S/C16H25N5O2/c1-13-12-23-14(2)10-21(13)11-15(22)19-6-8-20(9-7-19)16-17-4-3-5-18-16/h3-5,13-14H,6-12H2,1-2H3/t13-,14-/m0/s1. The summed E-state index contributed by atoms with van der Waals surface area (Å²) >= 11 is 0. The zero-order valence-corrected chi connectivity index (χ0v) is 13.9. The number of morpholine rings is 1. The number of nitrogens with zero attached hydrogens (tertiary/aromatic N) is 5. The molecule has 0 aliphatic carbocycles. The fourth-order valence-electron chi connectivity index (χ4n) is 3.08. The van der Waals surface area contributed by atoms with Gasteiger partial charge in [-0.05, 0) is 19.9 Å². The second-order valence-corrected chi connectivity index (χ2v) is 6.34. The Morgan fingerprint density at radius 3 is 2.61 bits per heavy atom. The molecular weight excluding hydrogens is 294 g/mol. The highest BCUT2D eigenvalue weighted by Gasteiger charge is 2.28. The Labute approximate surface area is 137 Å². The van der Waals surface area contributed by atoms with E-state index in [4.69, 9.17) is 4.74 Å². The average molecular weight is 319 g/mol. The van der Waals surface area contributed by atoms with Crippen molar-refractivity contribution in [2.24, 2.45) is 0 Å². The molecule has 2 aliphatic heterocycles. The fourth-order valence-corrected chi connectivity index (χ4v) is 3.08. The van der Waals surface area contributed by atoms with Crippen LogP contribution in [0.4, 0.5) is 5.95 Å². The lowest BCUT2D eigenvalue weighted by atomic mass is 10.2. The van der Waals surface area contributed by atoms with E-state index in [1.54, 1.807) is 12.4 Å². The minimum absolute atomic E-state index is 0.200. The zero-order chi connectivity index (χ0) is 16.2. The van der Waals surface area contributed by atoms with Gasteiger partial charge in [-0.25, -0.2) is 9.97 Å². The molecule has 2 aliphatic rings. The van der Waals surface area contributed by atoms with Gasteiger partial charge in [-0.3, -0.25) is 9.69 Å². The van der Waals surface area contributed by atoms with Crippen molar-refractivity contribution in [1.29, 1.82) is 0 Å². The molecule has 0 aromatic carbocycles. The molecule has 3 rings (SSSR count). The normalized spacial score (nSPS) is 26.3. The Bertz CT molecular complexity index is 518. The molecule has 1 amide bonds. The van der Waals surface area contributed by atoms with Crippen LogP contribution in [-0.2, 0) is 9.53 Å². The number of hydrogen-bond acceptors (Lipinski definition) is 6. The Morgan fingerprint density at radius 1 is 1.22 bits per heavy atom. The molecule has 0 bridgehead atoms. The number of anilines is 1. The number of hydrogen-bond donors (Lipinski definition) is 0. The summed E-state index contributed by atoms with van der Waals surface area (Å²) in [4.78, 5) is 27.4. The van der Waals surface area contributed by atoms with E-state index in [9.17, 15) is 4.79 Å². The minimum atomic E-state index is 0.200. The molecule has 7 heteroatoms. The summed E-state index contributed by atoms with van der Waals surface area (Å²) in [5, 5.41) is 0. The summed E-state index contributed by atoms with van der Waals surface area (Å²) in [5.74, 6) is 0.954. The van der Waals surface area contributed by atoms with E-state index in [2.05, 4.69) is 33.6 Å². The molecule has 0 unspecified atom stereocenters. The van der Waals surface area contributed by atoms with Crippen LogP contribution in [0.2, 0.25) is 0 Å². The van der Waals surface area contributed by atoms with Crippen molar-refractivity contribution in [2.75, 3.05) is 50.8 Å². The van der Waals surface area contributed by atoms with Crippen LogP contribution in [0.15, 0.2) is 18.5 Å². The molecule has 2 saturated heterocycles. The highest BCUT2D eigenvalue weighted by molar-refractivity contribution is 5.78. The number of carbonyl (C=O) groups excluding carboxylic acids is 1. The van der Waals surface area contributed by atoms with Crippen LogP contribution in [0.1, 0.15) is 13.8 Å². The van der Waals surface area contributed by atoms with E-state index in [0.717, 1.165) is 38.7 Å². The molecular formula is C16H25N5O2. The van der Waals surface area contributed by atoms with E-state index in [-0.39, 0.29) is 12.0 Å². The Kier molecular flexibility index (Phi) is 5.07. The Hall–Kier alpha value is -1.73. The van der Waals surface area contributed by atoms with Crippen molar-refractivity contribution >= 4 is 11.9 Å². The van der Waals surface area contributed by atoms with Gasteiger partial charge in [0.05, 0.1) is 19.3 Å². The van der Waals surface area contributed by atoms with Crippen molar-refractivity contribution in [1.82, 2.24) is 19.8 Å². The van der Waals surface area contributed by atoms with Gasteiger partial charge in [-0.1, -0.05) is 0 Å². The largest absolute Gasteiger partial charge is 0.376 e. The number of piperazine rings is 1. The van der Waals surface area contributed by atoms with E-state index in [1.807, 2.05) is 11.0 Å². The van der Waals surface area contributed by atoms with Crippen LogP contribution in [0.5, 0.6) is 0 Å². The monoisotopic (exact) mass is 319 g/mol. The molecule has 0 spiro atoms. The van der Waals surface area contributed by atoms with Crippen LogP contribution < -0.4 is 4.90 Å². The maximum absolute atomic E-state index is 12.6. The third-order valence-electron chi connectivity index (χ3n) is 4.54. The second kappa shape index (κ2) is 7.23. The summed E-state index contributed by atoms with van der Waals surface area (Å²) in [7, 11) is 0. The molecule has 0 saturated carbocycles. The summed E-state index contributed by atoms with van der Waals surface area (Å²) < 4.78 is 5.62. The SMILES string of the molecule is C[C@H]1CN(CC(=O)N2CCN(c3ncccn3)CC2)[C@@H](C)CO1. The topological polar surface area (TPSA) is 61.8 Å². The first kappa shape index (κ1) is 16.1. The van der Waals surface area contributed by atoms with Gasteiger partial charge in [0.15, 0.2) is 0 Å². The van der Waals surface area contributed by atoms with Crippen molar-refractivity contribution in [2.45, 2.75) is 26.0 Å². The van der Waals surface area contributed by atoms with Crippen molar-refractivity contribution in [3.05, 3.63) is 18.5 Å². The molecule has 1 aromatic heterocycles. The van der Waals surface area contributed by atoms with Crippen LogP contribution in [0, 0.1) is 0 Å². The van der Waals surface area contributed by atoms with Gasteiger partial charge in [0, 0.05) is 51.2 Å². The van der Waals surface area contributed by atoms with E-state index >= 15 is 0 Å². The van der Waals surface area contributed by atoms with Crippen molar-refractivity contribution in [3.63, 3.8) is 0 Å². The van der Waals surface area contributed by atoms with Crippen molar-refractivity contribution < 1.29 is 9.53 Å². The van der Waals surface area contributed by atoms with Crippen LogP contribution in [-0.4, -0.2) is 83.7 Å². The average Bonchev–Trinajstić information content (AvgIpc) is 2.59. The molecule has 23 heavy (non-hydrogen) atoms. The van der Waals surface area contributed by atoms with Gasteiger partial charge in [-0.2, -0.15) is 0 Å². The van der Waals surface area contributed by atoms with Crippen molar-refractivity contribution in [3.8, 4) is 0 Å². The lowest BCUT2D eigenvalue weighted by molar-refractivity contribution is -0.136. The molecule has 2 fully saturated rings. The molecule has 2 atom stereocenters. The van der Waals surface area contributed by atoms with Crippen LogP contribution >= 0.6 is 0 Å². The number of aromatic nitrogens is 2. The number of carbonyl (C=O) groups is 1. The third-order valence-corrected chi connectivity index (χ3v) is 4.54. The molecule has 1 aromatic rings. The highest BCUT2D eigenvalue weighted by Crippen LogP contribution is 2.13. The molecule has 126 valence electrons. The highest BCUT2D eigenvalue weighted by atomic mass is 16.5. The minimum Gasteiger partial charge on any atom is -0.376 e. The lowest BCUT2D eigenvalue weighted by Gasteiger charge is -2.39. The maximum atomic E-state index is 12.6. The molecule has 0 N–H and O–H groups in total. The second-order valence-electron chi connectivity index (χ2n) is 6.34. The van der Waals surface area contributed by atoms with Gasteiger partial charge in [0.2, 0.25) is 11.9 Å². The van der Waals surface area contributed by atoms with Gasteiger partial charge in [-0.15, -0.1) is 0 Å². The molecule has 3 heterocycles. The number of rotatable bonds is 3. The summed E-state index contributed by atoms with van der Waals surface area (Å²) in [6.07, 6.45) is 3.70. The lowest BCUT2D eigenvalue weighted by Crippen LogP contribution is -2.55. The van der Waals surface area contributed by atoms with Gasteiger partial charge < -0.3 is 14.5 Å².